The Morgan fingerprint density at radius 3 is 2.39 bits per heavy atom. The van der Waals surface area contributed by atoms with Crippen LogP contribution in [0.2, 0.25) is 0 Å². The van der Waals surface area contributed by atoms with Crippen LogP contribution in [0.25, 0.3) is 0 Å². The predicted octanol–water partition coefficient (Wildman–Crippen LogP) is 2.40. The predicted molar refractivity (Wildman–Crippen MR) is 61.4 cm³/mol. The van der Waals surface area contributed by atoms with Gasteiger partial charge < -0.3 is 10.0 Å². The molecule has 0 heterocycles. The second-order valence-electron chi connectivity index (χ2n) is 3.58. The SMILES string of the molecule is CCN(CCC#N)c1c(F)cc(C(=O)O)cc1F. The van der Waals surface area contributed by atoms with Crippen molar-refractivity contribution in [3.8, 4) is 6.07 Å². The number of nitrogens with zero attached hydrogens (tertiary/aromatic N) is 2. The van der Waals surface area contributed by atoms with E-state index >= 15 is 0 Å². The topological polar surface area (TPSA) is 64.3 Å². The van der Waals surface area contributed by atoms with E-state index in [1.165, 1.54) is 4.90 Å². The Morgan fingerprint density at radius 1 is 1.44 bits per heavy atom. The number of nitriles is 1. The highest BCUT2D eigenvalue weighted by Gasteiger charge is 2.18. The number of carbonyl (C=O) groups is 1. The number of carboxylic acids is 1. The maximum absolute atomic E-state index is 13.7. The van der Waals surface area contributed by atoms with Crippen molar-refractivity contribution >= 4 is 11.7 Å². The number of hydrogen-bond acceptors (Lipinski definition) is 3. The third kappa shape index (κ3) is 2.94. The Morgan fingerprint density at radius 2 is 2.00 bits per heavy atom. The minimum atomic E-state index is -1.39. The van der Waals surface area contributed by atoms with Gasteiger partial charge in [-0.25, -0.2) is 13.6 Å². The molecule has 1 aromatic rings. The normalized spacial score (nSPS) is 9.89. The first-order chi connectivity index (χ1) is 8.51. The number of halogens is 2. The Hall–Kier alpha value is -2.16. The Labute approximate surface area is 103 Å². The van der Waals surface area contributed by atoms with E-state index in [9.17, 15) is 13.6 Å². The zero-order chi connectivity index (χ0) is 13.7. The van der Waals surface area contributed by atoms with E-state index in [4.69, 9.17) is 10.4 Å². The molecular weight excluding hydrogens is 242 g/mol. The van der Waals surface area contributed by atoms with Crippen molar-refractivity contribution in [2.45, 2.75) is 13.3 Å². The van der Waals surface area contributed by atoms with Gasteiger partial charge in [0, 0.05) is 13.1 Å². The van der Waals surface area contributed by atoms with E-state index < -0.39 is 23.2 Å². The van der Waals surface area contributed by atoms with Gasteiger partial charge in [-0.2, -0.15) is 5.26 Å². The van der Waals surface area contributed by atoms with Crippen LogP contribution in [0.15, 0.2) is 12.1 Å². The van der Waals surface area contributed by atoms with E-state index in [1.54, 1.807) is 6.92 Å². The fourth-order valence-electron chi connectivity index (χ4n) is 1.60. The zero-order valence-electron chi connectivity index (χ0n) is 9.78. The molecule has 4 nitrogen and oxygen atoms in total. The lowest BCUT2D eigenvalue weighted by atomic mass is 10.1. The van der Waals surface area contributed by atoms with Crippen LogP contribution >= 0.6 is 0 Å². The van der Waals surface area contributed by atoms with E-state index in [0.29, 0.717) is 6.54 Å². The molecule has 0 aliphatic rings. The molecule has 1 N–H and O–H groups in total. The van der Waals surface area contributed by atoms with Crippen LogP contribution in [0, 0.1) is 23.0 Å². The van der Waals surface area contributed by atoms with Gasteiger partial charge in [0.2, 0.25) is 0 Å². The van der Waals surface area contributed by atoms with Crippen molar-refractivity contribution in [1.29, 1.82) is 5.26 Å². The standard InChI is InChI=1S/C12H12F2N2O2/c1-2-16(5-3-4-15)11-9(13)6-8(12(17)18)7-10(11)14/h6-7H,2-3,5H2,1H3,(H,17,18). The molecule has 1 aromatic carbocycles. The minimum absolute atomic E-state index is 0.132. The van der Waals surface area contributed by atoms with Crippen molar-refractivity contribution in [3.63, 3.8) is 0 Å². The third-order valence-corrected chi connectivity index (χ3v) is 2.46. The molecule has 0 aromatic heterocycles. The maximum Gasteiger partial charge on any atom is 0.335 e. The lowest BCUT2D eigenvalue weighted by Gasteiger charge is -2.23. The lowest BCUT2D eigenvalue weighted by Crippen LogP contribution is -2.26. The molecule has 6 heteroatoms. The number of rotatable bonds is 5. The Bertz CT molecular complexity index is 474. The maximum atomic E-state index is 13.7. The van der Waals surface area contributed by atoms with Gasteiger partial charge in [-0.3, -0.25) is 0 Å². The van der Waals surface area contributed by atoms with Crippen LogP contribution in [0.5, 0.6) is 0 Å². The molecular formula is C12H12F2N2O2. The zero-order valence-corrected chi connectivity index (χ0v) is 9.78. The van der Waals surface area contributed by atoms with Crippen LogP contribution in [-0.4, -0.2) is 24.2 Å². The smallest absolute Gasteiger partial charge is 0.335 e. The van der Waals surface area contributed by atoms with Crippen LogP contribution in [0.3, 0.4) is 0 Å². The van der Waals surface area contributed by atoms with Crippen molar-refractivity contribution in [2.75, 3.05) is 18.0 Å². The van der Waals surface area contributed by atoms with Crippen molar-refractivity contribution < 1.29 is 18.7 Å². The van der Waals surface area contributed by atoms with Crippen molar-refractivity contribution in [1.82, 2.24) is 0 Å². The molecule has 0 saturated carbocycles. The van der Waals surface area contributed by atoms with E-state index in [1.807, 2.05) is 6.07 Å². The van der Waals surface area contributed by atoms with E-state index in [0.717, 1.165) is 12.1 Å². The van der Waals surface area contributed by atoms with E-state index in [-0.39, 0.29) is 18.7 Å². The second kappa shape index (κ2) is 5.96. The summed E-state index contributed by atoms with van der Waals surface area (Å²) < 4.78 is 27.4. The second-order valence-corrected chi connectivity index (χ2v) is 3.58. The molecule has 1 rings (SSSR count). The molecule has 0 radical (unpaired) electrons. The first-order valence-corrected chi connectivity index (χ1v) is 5.35. The van der Waals surface area contributed by atoms with Gasteiger partial charge >= 0.3 is 5.97 Å². The molecule has 0 amide bonds. The third-order valence-electron chi connectivity index (χ3n) is 2.46. The summed E-state index contributed by atoms with van der Waals surface area (Å²) in [5, 5.41) is 17.1. The number of anilines is 1. The highest BCUT2D eigenvalue weighted by Crippen LogP contribution is 2.25. The molecule has 0 aliphatic heterocycles. The van der Waals surface area contributed by atoms with Gasteiger partial charge in [0.1, 0.15) is 17.3 Å². The highest BCUT2D eigenvalue weighted by atomic mass is 19.1. The molecule has 0 unspecified atom stereocenters. The highest BCUT2D eigenvalue weighted by molar-refractivity contribution is 5.88. The van der Waals surface area contributed by atoms with Gasteiger partial charge in [0.15, 0.2) is 0 Å². The number of benzene rings is 1. The lowest BCUT2D eigenvalue weighted by molar-refractivity contribution is 0.0696. The molecule has 96 valence electrons. The largest absolute Gasteiger partial charge is 0.478 e. The van der Waals surface area contributed by atoms with Crippen LogP contribution in [-0.2, 0) is 0 Å². The number of aromatic carboxylic acids is 1. The fourth-order valence-corrected chi connectivity index (χ4v) is 1.60. The number of carboxylic acid groups (broad SMARTS) is 1. The van der Waals surface area contributed by atoms with Crippen LogP contribution < -0.4 is 4.90 Å². The fraction of sp³-hybridized carbons (Fsp3) is 0.333. The first-order valence-electron chi connectivity index (χ1n) is 5.35. The number of hydrogen-bond donors (Lipinski definition) is 1. The van der Waals surface area contributed by atoms with Gasteiger partial charge in [0.25, 0.3) is 0 Å². The average Bonchev–Trinajstić information content (AvgIpc) is 2.32. The molecule has 18 heavy (non-hydrogen) atoms. The summed E-state index contributed by atoms with van der Waals surface area (Å²) in [7, 11) is 0. The summed E-state index contributed by atoms with van der Waals surface area (Å²) in [5.41, 5.74) is -0.733. The summed E-state index contributed by atoms with van der Waals surface area (Å²) in [4.78, 5) is 12.0. The van der Waals surface area contributed by atoms with Crippen molar-refractivity contribution in [3.05, 3.63) is 29.3 Å². The van der Waals surface area contributed by atoms with Crippen LogP contribution in [0.1, 0.15) is 23.7 Å². The Balaban J connectivity index is 3.16. The minimum Gasteiger partial charge on any atom is -0.478 e. The van der Waals surface area contributed by atoms with Gasteiger partial charge in [-0.15, -0.1) is 0 Å². The van der Waals surface area contributed by atoms with Gasteiger partial charge in [-0.05, 0) is 19.1 Å². The van der Waals surface area contributed by atoms with Gasteiger partial charge in [-0.1, -0.05) is 0 Å². The summed E-state index contributed by atoms with van der Waals surface area (Å²) in [5.74, 6) is -3.26. The first kappa shape index (κ1) is 13.9. The monoisotopic (exact) mass is 254 g/mol. The molecule has 0 bridgehead atoms. The summed E-state index contributed by atoms with van der Waals surface area (Å²) >= 11 is 0. The molecule has 0 spiro atoms. The Kier molecular flexibility index (Phi) is 4.60. The molecule has 0 atom stereocenters. The average molecular weight is 254 g/mol. The molecule has 0 fully saturated rings. The van der Waals surface area contributed by atoms with Gasteiger partial charge in [0.05, 0.1) is 18.1 Å². The summed E-state index contributed by atoms with van der Waals surface area (Å²) in [6.07, 6.45) is 0.132. The van der Waals surface area contributed by atoms with Crippen LogP contribution in [0.4, 0.5) is 14.5 Å². The summed E-state index contributed by atoms with van der Waals surface area (Å²) in [6, 6.07) is 3.44. The van der Waals surface area contributed by atoms with Crippen molar-refractivity contribution in [2.24, 2.45) is 0 Å². The van der Waals surface area contributed by atoms with E-state index in [2.05, 4.69) is 0 Å². The quantitative estimate of drug-likeness (QED) is 0.876. The molecule has 0 saturated heterocycles. The molecule has 0 aliphatic carbocycles. The summed E-state index contributed by atoms with van der Waals surface area (Å²) in [6.45, 7) is 2.20.